The zero-order valence-electron chi connectivity index (χ0n) is 13.3. The van der Waals surface area contributed by atoms with Gasteiger partial charge < -0.3 is 19.8 Å². The number of likely N-dealkylation sites (N-methyl/N-ethyl adjacent to an activating group) is 1. The smallest absolute Gasteiger partial charge is 0.243 e. The summed E-state index contributed by atoms with van der Waals surface area (Å²) in [5.74, 6) is -4.49. The van der Waals surface area contributed by atoms with Crippen molar-refractivity contribution in [2.75, 3.05) is 20.1 Å². The van der Waals surface area contributed by atoms with Crippen molar-refractivity contribution in [3.63, 3.8) is 0 Å². The van der Waals surface area contributed by atoms with Crippen molar-refractivity contribution in [1.29, 1.82) is 0 Å². The molecule has 0 bridgehead atoms. The summed E-state index contributed by atoms with van der Waals surface area (Å²) < 4.78 is 0. The van der Waals surface area contributed by atoms with Crippen LogP contribution in [0, 0.1) is 0 Å². The molecule has 8 heteroatoms. The zero-order valence-corrected chi connectivity index (χ0v) is 13.3. The van der Waals surface area contributed by atoms with Gasteiger partial charge in [-0.2, -0.15) is 0 Å². The van der Waals surface area contributed by atoms with Crippen molar-refractivity contribution >= 4 is 23.8 Å². The van der Waals surface area contributed by atoms with Gasteiger partial charge in [0, 0.05) is 19.5 Å². The molecular formula is C16H18N2O6-2. The van der Waals surface area contributed by atoms with E-state index >= 15 is 0 Å². The molecule has 130 valence electrons. The molecule has 1 heterocycles. The van der Waals surface area contributed by atoms with E-state index in [1.54, 1.807) is 0 Å². The van der Waals surface area contributed by atoms with Crippen LogP contribution in [0.15, 0.2) is 30.3 Å². The third-order valence-electron chi connectivity index (χ3n) is 3.24. The quantitative estimate of drug-likeness (QED) is 0.570. The van der Waals surface area contributed by atoms with E-state index in [9.17, 15) is 9.59 Å². The monoisotopic (exact) mass is 334 g/mol. The molecule has 0 atom stereocenters. The second kappa shape index (κ2) is 9.41. The lowest BCUT2D eigenvalue weighted by Crippen LogP contribution is -2.42. The van der Waals surface area contributed by atoms with E-state index in [1.165, 1.54) is 10.5 Å². The maximum Gasteiger partial charge on any atom is 0.243 e. The van der Waals surface area contributed by atoms with Gasteiger partial charge in [0.05, 0.1) is 18.5 Å². The topological polar surface area (TPSA) is 121 Å². The molecule has 1 aliphatic rings. The number of nitrogens with zero attached hydrogens (tertiary/aromatic N) is 2. The van der Waals surface area contributed by atoms with E-state index in [0.29, 0.717) is 26.1 Å². The molecule has 1 aromatic rings. The fourth-order valence-corrected chi connectivity index (χ4v) is 2.18. The van der Waals surface area contributed by atoms with Crippen LogP contribution in [0.1, 0.15) is 18.4 Å². The summed E-state index contributed by atoms with van der Waals surface area (Å²) in [6.45, 7) is 1.59. The Hall–Kier alpha value is -2.74. The lowest BCUT2D eigenvalue weighted by atomic mass is 10.2. The highest BCUT2D eigenvalue weighted by Gasteiger charge is 2.26. The molecule has 24 heavy (non-hydrogen) atoms. The SMILES string of the molecule is CN(CC(=O)N1CCCC1=O)Cc1ccccc1.O=C([O-])C(=O)[O-]. The summed E-state index contributed by atoms with van der Waals surface area (Å²) in [5, 5.41) is 17.9. The maximum atomic E-state index is 11.9. The predicted octanol–water partition coefficient (Wildman–Crippen LogP) is -2.25. The molecule has 8 nitrogen and oxygen atoms in total. The van der Waals surface area contributed by atoms with E-state index in [2.05, 4.69) is 0 Å². The Balaban J connectivity index is 0.000000413. The van der Waals surface area contributed by atoms with Crippen LogP contribution in [0.3, 0.4) is 0 Å². The van der Waals surface area contributed by atoms with E-state index in [1.807, 2.05) is 42.3 Å². The molecule has 0 radical (unpaired) electrons. The largest absolute Gasteiger partial charge is 0.543 e. The number of likely N-dealkylation sites (tertiary alicyclic amines) is 1. The summed E-state index contributed by atoms with van der Waals surface area (Å²) in [4.78, 5) is 44.5. The van der Waals surface area contributed by atoms with Crippen LogP contribution in [-0.2, 0) is 25.7 Å². The second-order valence-corrected chi connectivity index (χ2v) is 5.28. The first-order valence-corrected chi connectivity index (χ1v) is 7.29. The Morgan fingerprint density at radius 3 is 2.17 bits per heavy atom. The van der Waals surface area contributed by atoms with Gasteiger partial charge in [0.15, 0.2) is 0 Å². The van der Waals surface area contributed by atoms with Gasteiger partial charge in [0.25, 0.3) is 0 Å². The summed E-state index contributed by atoms with van der Waals surface area (Å²) >= 11 is 0. The number of aliphatic carboxylic acids is 2. The molecule has 2 rings (SSSR count). The summed E-state index contributed by atoms with van der Waals surface area (Å²) in [5.41, 5.74) is 1.17. The first kappa shape index (κ1) is 19.3. The number of rotatable bonds is 4. The number of hydrogen-bond acceptors (Lipinski definition) is 7. The van der Waals surface area contributed by atoms with E-state index in [0.717, 1.165) is 6.42 Å². The van der Waals surface area contributed by atoms with Crippen molar-refractivity contribution in [2.45, 2.75) is 19.4 Å². The molecule has 1 fully saturated rings. The molecule has 1 aromatic carbocycles. The molecule has 0 unspecified atom stereocenters. The van der Waals surface area contributed by atoms with Crippen LogP contribution < -0.4 is 10.2 Å². The van der Waals surface area contributed by atoms with Crippen LogP contribution in [0.5, 0.6) is 0 Å². The number of carbonyl (C=O) groups excluding carboxylic acids is 4. The highest BCUT2D eigenvalue weighted by molar-refractivity contribution is 6.25. The number of carbonyl (C=O) groups is 4. The van der Waals surface area contributed by atoms with E-state index in [4.69, 9.17) is 19.8 Å². The Morgan fingerprint density at radius 2 is 1.71 bits per heavy atom. The zero-order chi connectivity index (χ0) is 18.1. The lowest BCUT2D eigenvalue weighted by Gasteiger charge is -2.20. The van der Waals surface area contributed by atoms with Gasteiger partial charge in [0.2, 0.25) is 11.8 Å². The predicted molar refractivity (Wildman–Crippen MR) is 78.7 cm³/mol. The molecule has 0 saturated carbocycles. The highest BCUT2D eigenvalue weighted by atomic mass is 16.4. The standard InChI is InChI=1S/C14H18N2O2.C2H2O4/c1-15(10-12-6-3-2-4-7-12)11-14(18)16-9-5-8-13(16)17;3-1(4)2(5)6/h2-4,6-7H,5,8-11H2,1H3;(H,3,4)(H,5,6)/p-2. The number of benzene rings is 1. The summed E-state index contributed by atoms with van der Waals surface area (Å²) in [6.07, 6.45) is 1.31. The highest BCUT2D eigenvalue weighted by Crippen LogP contribution is 2.10. The van der Waals surface area contributed by atoms with Crippen molar-refractivity contribution in [1.82, 2.24) is 9.80 Å². The lowest BCUT2D eigenvalue weighted by molar-refractivity contribution is -0.345. The first-order valence-electron chi connectivity index (χ1n) is 7.29. The molecule has 1 saturated heterocycles. The number of amides is 2. The van der Waals surface area contributed by atoms with Gasteiger partial charge in [-0.25, -0.2) is 0 Å². The van der Waals surface area contributed by atoms with Gasteiger partial charge >= 0.3 is 0 Å². The molecule has 0 N–H and O–H groups in total. The third kappa shape index (κ3) is 6.57. The number of carboxylic acids is 2. The van der Waals surface area contributed by atoms with E-state index < -0.39 is 11.9 Å². The molecule has 1 aliphatic heterocycles. The molecule has 0 aliphatic carbocycles. The fourth-order valence-electron chi connectivity index (χ4n) is 2.18. The maximum absolute atomic E-state index is 11.9. The summed E-state index contributed by atoms with van der Waals surface area (Å²) in [6, 6.07) is 9.99. The van der Waals surface area contributed by atoms with Gasteiger partial charge in [-0.05, 0) is 19.0 Å². The van der Waals surface area contributed by atoms with Gasteiger partial charge in [-0.1, -0.05) is 30.3 Å². The Morgan fingerprint density at radius 1 is 1.12 bits per heavy atom. The average molecular weight is 334 g/mol. The van der Waals surface area contributed by atoms with Crippen LogP contribution in [0.25, 0.3) is 0 Å². The molecule has 2 amide bonds. The Kier molecular flexibility index (Phi) is 7.57. The fraction of sp³-hybridized carbons (Fsp3) is 0.375. The Labute approximate surface area is 139 Å². The molecular weight excluding hydrogens is 316 g/mol. The van der Waals surface area contributed by atoms with Gasteiger partial charge in [0.1, 0.15) is 0 Å². The number of carboxylic acid groups (broad SMARTS) is 2. The van der Waals surface area contributed by atoms with Gasteiger partial charge in [-0.15, -0.1) is 0 Å². The van der Waals surface area contributed by atoms with Crippen LogP contribution in [-0.4, -0.2) is 53.7 Å². The van der Waals surface area contributed by atoms with Crippen molar-refractivity contribution in [2.24, 2.45) is 0 Å². The van der Waals surface area contributed by atoms with Crippen LogP contribution >= 0.6 is 0 Å². The van der Waals surface area contributed by atoms with Crippen molar-refractivity contribution in [3.8, 4) is 0 Å². The normalized spacial score (nSPS) is 13.4. The first-order chi connectivity index (χ1) is 11.3. The van der Waals surface area contributed by atoms with Crippen LogP contribution in [0.2, 0.25) is 0 Å². The average Bonchev–Trinajstić information content (AvgIpc) is 2.95. The number of imide groups is 1. The van der Waals surface area contributed by atoms with Crippen molar-refractivity contribution in [3.05, 3.63) is 35.9 Å². The van der Waals surface area contributed by atoms with Gasteiger partial charge in [-0.3, -0.25) is 19.4 Å². The minimum atomic E-state index is -2.19. The van der Waals surface area contributed by atoms with E-state index in [-0.39, 0.29) is 11.8 Å². The Bertz CT molecular complexity index is 590. The molecule has 0 aromatic heterocycles. The second-order valence-electron chi connectivity index (χ2n) is 5.28. The van der Waals surface area contributed by atoms with Crippen molar-refractivity contribution < 1.29 is 29.4 Å². The molecule has 0 spiro atoms. The number of hydrogen-bond donors (Lipinski definition) is 0. The minimum absolute atomic E-state index is 0.0342. The third-order valence-corrected chi connectivity index (χ3v) is 3.24. The summed E-state index contributed by atoms with van der Waals surface area (Å²) in [7, 11) is 1.89. The minimum Gasteiger partial charge on any atom is -0.543 e. The van der Waals surface area contributed by atoms with Crippen LogP contribution in [0.4, 0.5) is 0 Å².